The summed E-state index contributed by atoms with van der Waals surface area (Å²) in [6, 6.07) is 26.2. The highest BCUT2D eigenvalue weighted by molar-refractivity contribution is 5.43. The third kappa shape index (κ3) is 4.14. The van der Waals surface area contributed by atoms with Gasteiger partial charge in [0.05, 0.1) is 12.5 Å². The molecule has 0 radical (unpaired) electrons. The van der Waals surface area contributed by atoms with Crippen molar-refractivity contribution in [2.75, 3.05) is 13.7 Å². The van der Waals surface area contributed by atoms with Crippen molar-refractivity contribution in [1.29, 1.82) is 0 Å². The molecule has 1 N–H and O–H groups in total. The lowest BCUT2D eigenvalue weighted by Gasteiger charge is -2.47. The van der Waals surface area contributed by atoms with E-state index < -0.39 is 11.6 Å². The summed E-state index contributed by atoms with van der Waals surface area (Å²) >= 11 is 0. The molecule has 3 unspecified atom stereocenters. The van der Waals surface area contributed by atoms with Crippen molar-refractivity contribution in [2.24, 2.45) is 5.41 Å². The molecule has 3 aromatic rings. The zero-order chi connectivity index (χ0) is 23.4. The van der Waals surface area contributed by atoms with Gasteiger partial charge in [0.1, 0.15) is 24.3 Å². The maximum absolute atomic E-state index is 16.2. The first kappa shape index (κ1) is 22.4. The van der Waals surface area contributed by atoms with E-state index in [0.29, 0.717) is 18.8 Å². The fourth-order valence-electron chi connectivity index (χ4n) is 5.35. The van der Waals surface area contributed by atoms with Crippen LogP contribution in [-0.2, 0) is 24.2 Å². The molecule has 34 heavy (non-hydrogen) atoms. The van der Waals surface area contributed by atoms with Crippen molar-refractivity contribution in [3.63, 3.8) is 0 Å². The first-order valence-corrected chi connectivity index (χ1v) is 11.8. The number of fused-ring (bicyclic) bond motifs is 1. The average molecular weight is 456 g/mol. The maximum Gasteiger partial charge on any atom is 0.133 e. The molecule has 1 aliphatic heterocycles. The number of alkyl halides is 1. The Morgan fingerprint density at radius 2 is 1.74 bits per heavy atom. The van der Waals surface area contributed by atoms with Gasteiger partial charge >= 0.3 is 0 Å². The summed E-state index contributed by atoms with van der Waals surface area (Å²) in [6.07, 6.45) is 5.46. The van der Waals surface area contributed by atoms with Crippen molar-refractivity contribution in [1.82, 2.24) is 5.32 Å². The Morgan fingerprint density at radius 1 is 0.971 bits per heavy atom. The fraction of sp³-hybridized carbons (Fsp3) is 0.267. The molecule has 2 aliphatic rings. The summed E-state index contributed by atoms with van der Waals surface area (Å²) in [7, 11) is 1.64. The van der Waals surface area contributed by atoms with Crippen LogP contribution in [0.5, 0.6) is 5.75 Å². The normalized spacial score (nSPS) is 23.6. The maximum atomic E-state index is 16.2. The number of halogens is 1. The second-order valence-electron chi connectivity index (χ2n) is 8.96. The van der Waals surface area contributed by atoms with Gasteiger partial charge in [-0.1, -0.05) is 78.9 Å². The molecule has 0 saturated heterocycles. The van der Waals surface area contributed by atoms with E-state index >= 15 is 4.39 Å². The highest BCUT2D eigenvalue weighted by Crippen LogP contribution is 2.52. The molecule has 0 spiro atoms. The Hall–Kier alpha value is -3.37. The summed E-state index contributed by atoms with van der Waals surface area (Å²) < 4.78 is 28.3. The van der Waals surface area contributed by atoms with E-state index in [1.807, 2.05) is 66.7 Å². The number of hydrogen-bond acceptors (Lipinski definition) is 3. The number of methoxy groups -OCH3 is 1. The summed E-state index contributed by atoms with van der Waals surface area (Å²) in [5, 5.41) is 3.64. The highest BCUT2D eigenvalue weighted by atomic mass is 19.1. The van der Waals surface area contributed by atoms with Gasteiger partial charge in [0.2, 0.25) is 0 Å². The molecule has 4 heteroatoms. The Morgan fingerprint density at radius 3 is 2.59 bits per heavy atom. The zero-order valence-corrected chi connectivity index (χ0v) is 19.4. The van der Waals surface area contributed by atoms with Crippen LogP contribution in [-0.4, -0.2) is 19.8 Å². The monoisotopic (exact) mass is 455 g/mol. The van der Waals surface area contributed by atoms with E-state index in [4.69, 9.17) is 9.47 Å². The van der Waals surface area contributed by atoms with Gasteiger partial charge in [-0.05, 0) is 59.9 Å². The number of hydrogen-bond donors (Lipinski definition) is 1. The molecule has 0 bridgehead atoms. The van der Waals surface area contributed by atoms with Gasteiger partial charge < -0.3 is 14.8 Å². The molecule has 174 valence electrons. The molecule has 3 atom stereocenters. The van der Waals surface area contributed by atoms with Crippen LogP contribution in [0.4, 0.5) is 4.39 Å². The minimum absolute atomic E-state index is 0.231. The Balaban J connectivity index is 1.55. The molecule has 1 heterocycles. The molecule has 0 saturated carbocycles. The van der Waals surface area contributed by atoms with Crippen LogP contribution in [0.15, 0.2) is 103 Å². The lowest BCUT2D eigenvalue weighted by Crippen LogP contribution is -2.50. The van der Waals surface area contributed by atoms with E-state index in [1.54, 1.807) is 19.3 Å². The highest BCUT2D eigenvalue weighted by Gasteiger charge is 2.52. The van der Waals surface area contributed by atoms with Gasteiger partial charge in [0, 0.05) is 6.04 Å². The number of para-hydroxylation sites is 1. The van der Waals surface area contributed by atoms with Crippen molar-refractivity contribution >= 4 is 0 Å². The molecular weight excluding hydrogens is 425 g/mol. The Kier molecular flexibility index (Phi) is 6.50. The van der Waals surface area contributed by atoms with E-state index in [-0.39, 0.29) is 6.04 Å². The summed E-state index contributed by atoms with van der Waals surface area (Å²) in [4.78, 5) is 0. The lowest BCUT2D eigenvalue weighted by molar-refractivity contribution is 0.0535. The summed E-state index contributed by atoms with van der Waals surface area (Å²) in [6.45, 7) is 1.25. The molecule has 5 rings (SSSR count). The number of nitrogens with one attached hydrogen (secondary N) is 1. The van der Waals surface area contributed by atoms with Gasteiger partial charge in [0.15, 0.2) is 0 Å². The average Bonchev–Trinajstić information content (AvgIpc) is 2.89. The third-order valence-electron chi connectivity index (χ3n) is 7.02. The van der Waals surface area contributed by atoms with Crippen LogP contribution < -0.4 is 10.1 Å². The number of allylic oxidation sites excluding steroid dienone is 3. The first-order valence-electron chi connectivity index (χ1n) is 11.8. The second kappa shape index (κ2) is 9.86. The fourth-order valence-corrected chi connectivity index (χ4v) is 5.35. The van der Waals surface area contributed by atoms with E-state index in [0.717, 1.165) is 35.4 Å². The number of rotatable bonds is 7. The lowest BCUT2D eigenvalue weighted by atomic mass is 9.64. The molecule has 3 aromatic carbocycles. The number of ether oxygens (including phenoxy) is 2. The SMILES string of the molecule is COC1=CC=CC(F)C1(Cc1ccccc1OCc1ccccc1)C1NCCc2ccccc21. The predicted octanol–water partition coefficient (Wildman–Crippen LogP) is 6.12. The molecular formula is C30H30FNO2. The Bertz CT molecular complexity index is 1190. The van der Waals surface area contributed by atoms with Gasteiger partial charge in [-0.3, -0.25) is 0 Å². The van der Waals surface area contributed by atoms with Crippen LogP contribution in [0, 0.1) is 5.41 Å². The molecule has 3 nitrogen and oxygen atoms in total. The van der Waals surface area contributed by atoms with Gasteiger partial charge in [-0.25, -0.2) is 4.39 Å². The summed E-state index contributed by atoms with van der Waals surface area (Å²) in [5.74, 6) is 1.42. The first-order chi connectivity index (χ1) is 16.7. The topological polar surface area (TPSA) is 30.5 Å². The minimum atomic E-state index is -1.22. The van der Waals surface area contributed by atoms with Crippen LogP contribution in [0.2, 0.25) is 0 Å². The standard InChI is InChI=1S/C30H30FNO2/c1-33-28-17-9-16-27(31)30(28,29-25-14-7-5-12-23(25)18-19-32-29)20-24-13-6-8-15-26(24)34-21-22-10-3-2-4-11-22/h2-17,27,29,32H,18-21H2,1H3. The van der Waals surface area contributed by atoms with Gasteiger partial charge in [-0.15, -0.1) is 0 Å². The molecule has 0 amide bonds. The quantitative estimate of drug-likeness (QED) is 0.466. The van der Waals surface area contributed by atoms with Crippen molar-refractivity contribution < 1.29 is 13.9 Å². The van der Waals surface area contributed by atoms with E-state index in [1.165, 1.54) is 5.56 Å². The van der Waals surface area contributed by atoms with Crippen LogP contribution in [0.1, 0.15) is 28.3 Å². The number of benzene rings is 3. The molecule has 0 aromatic heterocycles. The smallest absolute Gasteiger partial charge is 0.133 e. The third-order valence-corrected chi connectivity index (χ3v) is 7.02. The molecule has 1 aliphatic carbocycles. The summed E-state index contributed by atoms with van der Waals surface area (Å²) in [5.41, 5.74) is 3.51. The van der Waals surface area contributed by atoms with Gasteiger partial charge in [-0.2, -0.15) is 0 Å². The van der Waals surface area contributed by atoms with E-state index in [2.05, 4.69) is 23.5 Å². The minimum Gasteiger partial charge on any atom is -0.500 e. The van der Waals surface area contributed by atoms with E-state index in [9.17, 15) is 0 Å². The predicted molar refractivity (Wildman–Crippen MR) is 133 cm³/mol. The Labute approximate surface area is 200 Å². The van der Waals surface area contributed by atoms with Crippen LogP contribution in [0.3, 0.4) is 0 Å². The van der Waals surface area contributed by atoms with Crippen LogP contribution in [0.25, 0.3) is 0 Å². The second-order valence-corrected chi connectivity index (χ2v) is 8.96. The molecule has 0 fully saturated rings. The van der Waals surface area contributed by atoms with Crippen molar-refractivity contribution in [3.05, 3.63) is 125 Å². The van der Waals surface area contributed by atoms with Crippen molar-refractivity contribution in [2.45, 2.75) is 31.7 Å². The van der Waals surface area contributed by atoms with Gasteiger partial charge in [0.25, 0.3) is 0 Å². The largest absolute Gasteiger partial charge is 0.500 e. The van der Waals surface area contributed by atoms with Crippen molar-refractivity contribution in [3.8, 4) is 5.75 Å². The zero-order valence-electron chi connectivity index (χ0n) is 19.4. The van der Waals surface area contributed by atoms with Crippen LogP contribution >= 0.6 is 0 Å².